The third-order valence-corrected chi connectivity index (χ3v) is 3.73. The maximum Gasteiger partial charge on any atom is 0.132 e. The molecule has 0 aliphatic carbocycles. The van der Waals surface area contributed by atoms with Gasteiger partial charge < -0.3 is 9.53 Å². The van der Waals surface area contributed by atoms with Gasteiger partial charge in [-0.2, -0.15) is 0 Å². The number of benzene rings is 1. The molecule has 0 spiro atoms. The minimum atomic E-state index is 0.106. The number of hydrogen-bond donors (Lipinski definition) is 0. The fraction of sp³-hybridized carbons (Fsp3) is 0.462. The van der Waals surface area contributed by atoms with E-state index in [1.54, 1.807) is 18.9 Å². The van der Waals surface area contributed by atoms with Crippen LogP contribution in [0.2, 0.25) is 0 Å². The second kappa shape index (κ2) is 6.59. The number of aldehydes is 1. The van der Waals surface area contributed by atoms with Gasteiger partial charge >= 0.3 is 0 Å². The maximum absolute atomic E-state index is 10.9. The second-order valence-corrected chi connectivity index (χ2v) is 5.07. The third kappa shape index (κ3) is 3.56. The number of thioether (sulfide) groups is 1. The molecule has 1 atom stereocenters. The first-order chi connectivity index (χ1) is 7.69. The lowest BCUT2D eigenvalue weighted by Gasteiger charge is -2.14. The second-order valence-electron chi connectivity index (χ2n) is 4.01. The van der Waals surface area contributed by atoms with Crippen LogP contribution >= 0.6 is 11.8 Å². The fourth-order valence-electron chi connectivity index (χ4n) is 1.31. The summed E-state index contributed by atoms with van der Waals surface area (Å²) in [6, 6.07) is 7.89. The topological polar surface area (TPSA) is 26.3 Å². The van der Waals surface area contributed by atoms with Crippen LogP contribution in [0.4, 0.5) is 0 Å². The summed E-state index contributed by atoms with van der Waals surface area (Å²) in [5.41, 5.74) is 0. The van der Waals surface area contributed by atoms with Crippen molar-refractivity contribution in [3.8, 4) is 5.75 Å². The molecule has 88 valence electrons. The van der Waals surface area contributed by atoms with Gasteiger partial charge in [-0.15, -0.1) is 11.8 Å². The molecule has 0 heterocycles. The van der Waals surface area contributed by atoms with E-state index in [0.717, 1.165) is 22.7 Å². The number of carbonyl (C=O) groups excluding carboxylic acids is 1. The molecule has 0 aromatic heterocycles. The first-order valence-corrected chi connectivity index (χ1v) is 6.38. The Morgan fingerprint density at radius 1 is 1.38 bits per heavy atom. The van der Waals surface area contributed by atoms with Crippen molar-refractivity contribution in [1.29, 1.82) is 0 Å². The molecular formula is C13H18O2S. The predicted octanol–water partition coefficient (Wildman–Crippen LogP) is 3.26. The molecule has 0 aliphatic rings. The summed E-state index contributed by atoms with van der Waals surface area (Å²) in [5.74, 6) is 2.18. The lowest BCUT2D eigenvalue weighted by molar-refractivity contribution is -0.111. The highest BCUT2D eigenvalue weighted by molar-refractivity contribution is 7.99. The first kappa shape index (κ1) is 13.1. The molecule has 16 heavy (non-hydrogen) atoms. The molecule has 1 aromatic rings. The fourth-order valence-corrected chi connectivity index (χ4v) is 2.62. The average molecular weight is 238 g/mol. The Morgan fingerprint density at radius 3 is 2.62 bits per heavy atom. The maximum atomic E-state index is 10.9. The van der Waals surface area contributed by atoms with Crippen LogP contribution in [0.5, 0.6) is 5.75 Å². The summed E-state index contributed by atoms with van der Waals surface area (Å²) in [7, 11) is 1.67. The molecule has 0 bridgehead atoms. The first-order valence-electron chi connectivity index (χ1n) is 5.40. The number of para-hydroxylation sites is 1. The number of rotatable bonds is 6. The molecule has 0 radical (unpaired) electrons. The molecule has 3 heteroatoms. The summed E-state index contributed by atoms with van der Waals surface area (Å²) in [6.07, 6.45) is 1.05. The van der Waals surface area contributed by atoms with E-state index >= 15 is 0 Å². The van der Waals surface area contributed by atoms with Crippen molar-refractivity contribution in [2.45, 2.75) is 18.7 Å². The van der Waals surface area contributed by atoms with E-state index in [9.17, 15) is 4.79 Å². The summed E-state index contributed by atoms with van der Waals surface area (Å²) in [6.45, 7) is 4.14. The summed E-state index contributed by atoms with van der Waals surface area (Å²) >= 11 is 1.68. The number of methoxy groups -OCH3 is 1. The molecule has 0 saturated carbocycles. The Morgan fingerprint density at radius 2 is 2.06 bits per heavy atom. The van der Waals surface area contributed by atoms with Crippen LogP contribution in [0.1, 0.15) is 13.8 Å². The van der Waals surface area contributed by atoms with E-state index in [1.807, 2.05) is 24.3 Å². The van der Waals surface area contributed by atoms with E-state index in [1.165, 1.54) is 0 Å². The minimum Gasteiger partial charge on any atom is -0.496 e. The number of ether oxygens (including phenoxy) is 1. The van der Waals surface area contributed by atoms with Gasteiger partial charge in [0.15, 0.2) is 0 Å². The van der Waals surface area contributed by atoms with Crippen LogP contribution in [0.15, 0.2) is 29.2 Å². The third-order valence-electron chi connectivity index (χ3n) is 2.53. The molecule has 0 amide bonds. The van der Waals surface area contributed by atoms with Crippen LogP contribution in [0.3, 0.4) is 0 Å². The normalized spacial score (nSPS) is 12.5. The zero-order valence-electron chi connectivity index (χ0n) is 9.97. The van der Waals surface area contributed by atoms with E-state index < -0.39 is 0 Å². The van der Waals surface area contributed by atoms with Gasteiger partial charge in [-0.05, 0) is 18.1 Å². The Bertz CT molecular complexity index is 336. The van der Waals surface area contributed by atoms with Crippen molar-refractivity contribution < 1.29 is 9.53 Å². The molecular weight excluding hydrogens is 220 g/mol. The number of carbonyl (C=O) groups is 1. The minimum absolute atomic E-state index is 0.106. The Labute approximate surface area is 101 Å². The van der Waals surface area contributed by atoms with Crippen molar-refractivity contribution in [2.75, 3.05) is 12.9 Å². The predicted molar refractivity (Wildman–Crippen MR) is 68.1 cm³/mol. The molecule has 0 fully saturated rings. The molecule has 0 saturated heterocycles. The summed E-state index contributed by atoms with van der Waals surface area (Å²) in [4.78, 5) is 12.0. The van der Waals surface area contributed by atoms with Crippen LogP contribution < -0.4 is 4.74 Å². The highest BCUT2D eigenvalue weighted by atomic mass is 32.2. The van der Waals surface area contributed by atoms with Crippen molar-refractivity contribution in [3.63, 3.8) is 0 Å². The quantitative estimate of drug-likeness (QED) is 0.562. The highest BCUT2D eigenvalue weighted by Gasteiger charge is 2.13. The lowest BCUT2D eigenvalue weighted by atomic mass is 10.0. The molecule has 1 rings (SSSR count). The van der Waals surface area contributed by atoms with Gasteiger partial charge in [-0.1, -0.05) is 26.0 Å². The monoisotopic (exact) mass is 238 g/mol. The van der Waals surface area contributed by atoms with Crippen LogP contribution in [-0.4, -0.2) is 19.1 Å². The zero-order chi connectivity index (χ0) is 12.0. The van der Waals surface area contributed by atoms with Gasteiger partial charge in [0.25, 0.3) is 0 Å². The Hall–Kier alpha value is -0.960. The molecule has 2 nitrogen and oxygen atoms in total. The Kier molecular flexibility index (Phi) is 5.39. The highest BCUT2D eigenvalue weighted by Crippen LogP contribution is 2.30. The Balaban J connectivity index is 2.63. The SMILES string of the molecule is COc1ccccc1SC[C@H](C=O)C(C)C. The van der Waals surface area contributed by atoms with Gasteiger partial charge in [0, 0.05) is 16.6 Å². The number of hydrogen-bond acceptors (Lipinski definition) is 3. The average Bonchev–Trinajstić information content (AvgIpc) is 2.30. The molecule has 0 N–H and O–H groups in total. The summed E-state index contributed by atoms with van der Waals surface area (Å²) < 4.78 is 5.26. The molecule has 0 aliphatic heterocycles. The van der Waals surface area contributed by atoms with Gasteiger partial charge in [0.2, 0.25) is 0 Å². The van der Waals surface area contributed by atoms with E-state index in [-0.39, 0.29) is 5.92 Å². The molecule has 0 unspecified atom stereocenters. The van der Waals surface area contributed by atoms with E-state index in [2.05, 4.69) is 13.8 Å². The van der Waals surface area contributed by atoms with Crippen molar-refractivity contribution in [1.82, 2.24) is 0 Å². The largest absolute Gasteiger partial charge is 0.496 e. The lowest BCUT2D eigenvalue weighted by Crippen LogP contribution is -2.12. The van der Waals surface area contributed by atoms with Gasteiger partial charge in [-0.25, -0.2) is 0 Å². The summed E-state index contributed by atoms with van der Waals surface area (Å²) in [5, 5.41) is 0. The van der Waals surface area contributed by atoms with E-state index in [0.29, 0.717) is 5.92 Å². The zero-order valence-corrected chi connectivity index (χ0v) is 10.8. The smallest absolute Gasteiger partial charge is 0.132 e. The van der Waals surface area contributed by atoms with E-state index in [4.69, 9.17) is 4.74 Å². The van der Waals surface area contributed by atoms with Gasteiger partial charge in [0.1, 0.15) is 12.0 Å². The van der Waals surface area contributed by atoms with Crippen LogP contribution in [-0.2, 0) is 4.79 Å². The van der Waals surface area contributed by atoms with Crippen molar-refractivity contribution in [3.05, 3.63) is 24.3 Å². The van der Waals surface area contributed by atoms with Crippen molar-refractivity contribution in [2.24, 2.45) is 11.8 Å². The van der Waals surface area contributed by atoms with Crippen LogP contribution in [0, 0.1) is 11.8 Å². The molecule has 1 aromatic carbocycles. The van der Waals surface area contributed by atoms with Crippen molar-refractivity contribution >= 4 is 18.0 Å². The van der Waals surface area contributed by atoms with Gasteiger partial charge in [0.05, 0.1) is 7.11 Å². The standard InChI is InChI=1S/C13H18O2S/c1-10(2)11(8-14)9-16-13-7-5-4-6-12(13)15-3/h4-8,10-11H,9H2,1-3H3/t11-/m0/s1. The van der Waals surface area contributed by atoms with Gasteiger partial charge in [-0.3, -0.25) is 0 Å². The van der Waals surface area contributed by atoms with Crippen LogP contribution in [0.25, 0.3) is 0 Å².